The molecule has 3 atom stereocenters. The Bertz CT molecular complexity index is 513. The first-order valence-corrected chi connectivity index (χ1v) is 7.43. The largest absolute Gasteiger partial charge is 0.433 e. The molecule has 0 aromatic rings. The maximum absolute atomic E-state index is 12.7. The van der Waals surface area contributed by atoms with E-state index in [4.69, 9.17) is 15.9 Å². The second-order valence-corrected chi connectivity index (χ2v) is 6.84. The highest BCUT2D eigenvalue weighted by Crippen LogP contribution is 2.68. The number of esters is 1. The molecule has 2 saturated carbocycles. The molecular weight excluding hydrogens is 252 g/mol. The van der Waals surface area contributed by atoms with Crippen LogP contribution in [0.3, 0.4) is 0 Å². The minimum atomic E-state index is -0.902. The molecule has 0 N–H and O–H groups in total. The maximum Gasteiger partial charge on any atom is 0.318 e. The Labute approximate surface area is 120 Å². The average molecular weight is 274 g/mol. The lowest BCUT2D eigenvalue weighted by atomic mass is 9.45. The molecule has 20 heavy (non-hydrogen) atoms. The highest BCUT2D eigenvalue weighted by atomic mass is 16.7. The highest BCUT2D eigenvalue weighted by Gasteiger charge is 2.75. The van der Waals surface area contributed by atoms with E-state index in [0.717, 1.165) is 37.7 Å². The third-order valence-corrected chi connectivity index (χ3v) is 5.23. The number of cyclic esters (lactones) is 1. The van der Waals surface area contributed by atoms with Crippen molar-refractivity contribution in [2.24, 2.45) is 11.3 Å². The lowest BCUT2D eigenvalue weighted by molar-refractivity contribution is -0.362. The number of rotatable bonds is 1. The van der Waals surface area contributed by atoms with Gasteiger partial charge in [0.1, 0.15) is 11.0 Å². The van der Waals surface area contributed by atoms with E-state index in [2.05, 4.69) is 12.5 Å². The first-order chi connectivity index (χ1) is 9.38. The van der Waals surface area contributed by atoms with E-state index in [1.807, 2.05) is 0 Å². The molecule has 0 amide bonds. The fourth-order valence-electron chi connectivity index (χ4n) is 4.49. The van der Waals surface area contributed by atoms with Gasteiger partial charge in [0.05, 0.1) is 0 Å². The van der Waals surface area contributed by atoms with E-state index in [0.29, 0.717) is 12.3 Å². The molecule has 3 rings (SSSR count). The second-order valence-electron chi connectivity index (χ2n) is 6.84. The number of hydrogen-bond acceptors (Lipinski definition) is 3. The van der Waals surface area contributed by atoms with Crippen LogP contribution in [0.4, 0.5) is 0 Å². The fraction of sp³-hybridized carbons (Fsp3) is 0.706. The number of terminal acetylenes is 1. The molecule has 2 aliphatic carbocycles. The molecule has 0 aromatic carbocycles. The van der Waals surface area contributed by atoms with Crippen LogP contribution < -0.4 is 0 Å². The Kier molecular flexibility index (Phi) is 2.82. The van der Waals surface area contributed by atoms with Crippen LogP contribution in [-0.4, -0.2) is 17.4 Å². The lowest BCUT2D eigenvalue weighted by Crippen LogP contribution is -2.75. The summed E-state index contributed by atoms with van der Waals surface area (Å²) in [5, 5.41) is 0. The van der Waals surface area contributed by atoms with Crippen molar-refractivity contribution in [2.45, 2.75) is 63.8 Å². The number of carbonyl (C=O) groups excluding carboxylic acids is 1. The minimum absolute atomic E-state index is 0.203. The molecule has 0 unspecified atom stereocenters. The van der Waals surface area contributed by atoms with Crippen molar-refractivity contribution in [3.63, 3.8) is 0 Å². The molecule has 3 fully saturated rings. The van der Waals surface area contributed by atoms with Gasteiger partial charge in [-0.3, -0.25) is 4.79 Å². The number of hydrogen-bond donors (Lipinski definition) is 0. The summed E-state index contributed by atoms with van der Waals surface area (Å²) < 4.78 is 11.8. The van der Waals surface area contributed by atoms with Crippen LogP contribution in [0, 0.1) is 23.7 Å². The predicted molar refractivity (Wildman–Crippen MR) is 75.6 cm³/mol. The summed E-state index contributed by atoms with van der Waals surface area (Å²) in [4.78, 5) is 12.7. The SMILES string of the molecule is C#CC[C@@]12C[C@H]3CCCCC(=C)[C@]31OC(C)(C)OC2=O. The third kappa shape index (κ3) is 1.49. The summed E-state index contributed by atoms with van der Waals surface area (Å²) in [6.07, 6.45) is 10.9. The van der Waals surface area contributed by atoms with Gasteiger partial charge in [-0.1, -0.05) is 13.0 Å². The molecule has 1 saturated heterocycles. The van der Waals surface area contributed by atoms with Gasteiger partial charge in [0, 0.05) is 20.3 Å². The normalized spacial score (nSPS) is 42.4. The first kappa shape index (κ1) is 13.7. The predicted octanol–water partition coefficient (Wildman–Crippen LogP) is 3.19. The molecule has 1 aliphatic heterocycles. The molecule has 0 aromatic heterocycles. The maximum atomic E-state index is 12.7. The van der Waals surface area contributed by atoms with Gasteiger partial charge >= 0.3 is 5.97 Å². The topological polar surface area (TPSA) is 35.5 Å². The summed E-state index contributed by atoms with van der Waals surface area (Å²) in [5.41, 5.74) is -0.274. The monoisotopic (exact) mass is 274 g/mol. The van der Waals surface area contributed by atoms with Crippen molar-refractivity contribution in [1.82, 2.24) is 0 Å². The molecule has 1 spiro atoms. The molecule has 108 valence electrons. The van der Waals surface area contributed by atoms with Gasteiger partial charge < -0.3 is 9.47 Å². The Hall–Kier alpha value is -1.27. The molecule has 0 bridgehead atoms. The van der Waals surface area contributed by atoms with Crippen LogP contribution in [0.25, 0.3) is 0 Å². The van der Waals surface area contributed by atoms with Crippen molar-refractivity contribution in [3.05, 3.63) is 12.2 Å². The van der Waals surface area contributed by atoms with Crippen molar-refractivity contribution in [1.29, 1.82) is 0 Å². The Morgan fingerprint density at radius 3 is 2.90 bits per heavy atom. The summed E-state index contributed by atoms with van der Waals surface area (Å²) in [7, 11) is 0. The van der Waals surface area contributed by atoms with Crippen molar-refractivity contribution >= 4 is 5.97 Å². The zero-order valence-corrected chi connectivity index (χ0v) is 12.3. The summed E-state index contributed by atoms with van der Waals surface area (Å²) >= 11 is 0. The molecular formula is C17H22O3. The standard InChI is InChI=1S/C17H22O3/c1-5-10-16-11-13-9-7-6-8-12(2)17(13,16)20-15(3,4)19-14(16)18/h1,13H,2,6-11H2,3-4H3/t13-,16+,17+/m1/s1. The quantitative estimate of drug-likeness (QED) is 0.418. The fourth-order valence-corrected chi connectivity index (χ4v) is 4.49. The molecule has 3 nitrogen and oxygen atoms in total. The lowest BCUT2D eigenvalue weighted by Gasteiger charge is -2.66. The van der Waals surface area contributed by atoms with Crippen LogP contribution in [0.1, 0.15) is 52.4 Å². The van der Waals surface area contributed by atoms with Crippen LogP contribution in [-0.2, 0) is 14.3 Å². The Morgan fingerprint density at radius 2 is 2.20 bits per heavy atom. The van der Waals surface area contributed by atoms with Crippen LogP contribution >= 0.6 is 0 Å². The molecule has 3 aliphatic rings. The van der Waals surface area contributed by atoms with Crippen molar-refractivity contribution < 1.29 is 14.3 Å². The van der Waals surface area contributed by atoms with Crippen molar-refractivity contribution in [3.8, 4) is 12.3 Å². The third-order valence-electron chi connectivity index (χ3n) is 5.23. The number of ether oxygens (including phenoxy) is 2. The highest BCUT2D eigenvalue weighted by molar-refractivity contribution is 5.83. The van der Waals surface area contributed by atoms with E-state index in [1.54, 1.807) is 13.8 Å². The van der Waals surface area contributed by atoms with Crippen LogP contribution in [0.5, 0.6) is 0 Å². The van der Waals surface area contributed by atoms with Crippen LogP contribution in [0.15, 0.2) is 12.2 Å². The van der Waals surface area contributed by atoms with Gasteiger partial charge in [-0.2, -0.15) is 0 Å². The molecule has 3 heteroatoms. The average Bonchev–Trinajstić information content (AvgIpc) is 2.45. The van der Waals surface area contributed by atoms with Gasteiger partial charge in [0.25, 0.3) is 0 Å². The summed E-state index contributed by atoms with van der Waals surface area (Å²) in [6, 6.07) is 0. The smallest absolute Gasteiger partial charge is 0.318 e. The van der Waals surface area contributed by atoms with Crippen molar-refractivity contribution in [2.75, 3.05) is 0 Å². The van der Waals surface area contributed by atoms with Gasteiger partial charge in [-0.25, -0.2) is 0 Å². The van der Waals surface area contributed by atoms with Gasteiger partial charge in [0.15, 0.2) is 0 Å². The number of carbonyl (C=O) groups is 1. The summed E-state index contributed by atoms with van der Waals surface area (Å²) in [6.45, 7) is 7.86. The molecule has 0 radical (unpaired) electrons. The van der Waals surface area contributed by atoms with Gasteiger partial charge in [-0.15, -0.1) is 12.3 Å². The van der Waals surface area contributed by atoms with E-state index in [1.165, 1.54) is 0 Å². The van der Waals surface area contributed by atoms with E-state index < -0.39 is 16.8 Å². The Morgan fingerprint density at radius 1 is 1.45 bits per heavy atom. The second kappa shape index (κ2) is 4.11. The summed E-state index contributed by atoms with van der Waals surface area (Å²) in [5.74, 6) is 1.91. The van der Waals surface area contributed by atoms with Crippen LogP contribution in [0.2, 0.25) is 0 Å². The van der Waals surface area contributed by atoms with Gasteiger partial charge in [0.2, 0.25) is 5.79 Å². The molecule has 1 heterocycles. The zero-order valence-electron chi connectivity index (χ0n) is 12.3. The van der Waals surface area contributed by atoms with E-state index in [9.17, 15) is 4.79 Å². The Balaban J connectivity index is 2.12. The zero-order chi connectivity index (χ0) is 14.6. The first-order valence-electron chi connectivity index (χ1n) is 7.43. The van der Waals surface area contributed by atoms with E-state index in [-0.39, 0.29) is 5.97 Å². The van der Waals surface area contributed by atoms with Gasteiger partial charge in [-0.05, 0) is 37.2 Å². The van der Waals surface area contributed by atoms with E-state index >= 15 is 0 Å². The minimum Gasteiger partial charge on any atom is -0.433 e.